The second kappa shape index (κ2) is 4.55. The zero-order chi connectivity index (χ0) is 12.7. The van der Waals surface area contributed by atoms with Crippen LogP contribution in [0.15, 0.2) is 24.3 Å². The lowest BCUT2D eigenvalue weighted by Gasteiger charge is -2.26. The minimum Gasteiger partial charge on any atom is -0.340 e. The number of imidazole rings is 1. The average molecular weight is 255 g/mol. The van der Waals surface area contributed by atoms with Crippen molar-refractivity contribution < 1.29 is 0 Å². The number of anilines is 1. The second-order valence-electron chi connectivity index (χ2n) is 6.00. The van der Waals surface area contributed by atoms with Crippen molar-refractivity contribution in [1.82, 2.24) is 9.55 Å². The summed E-state index contributed by atoms with van der Waals surface area (Å²) in [6, 6.07) is 8.51. The van der Waals surface area contributed by atoms with Crippen molar-refractivity contribution in [3.63, 3.8) is 0 Å². The zero-order valence-electron chi connectivity index (χ0n) is 11.4. The minimum absolute atomic E-state index is 0.889. The second-order valence-corrected chi connectivity index (χ2v) is 6.00. The Morgan fingerprint density at radius 3 is 2.79 bits per heavy atom. The minimum atomic E-state index is 0.889. The molecular weight excluding hydrogens is 234 g/mol. The smallest absolute Gasteiger partial charge is 0.206 e. The van der Waals surface area contributed by atoms with Gasteiger partial charge in [-0.3, -0.25) is 0 Å². The summed E-state index contributed by atoms with van der Waals surface area (Å²) in [4.78, 5) is 7.34. The summed E-state index contributed by atoms with van der Waals surface area (Å²) in [6.07, 6.45) is 7.12. The number of nitrogens with zero attached hydrogens (tertiary/aromatic N) is 3. The lowest BCUT2D eigenvalue weighted by atomic mass is 9.89. The molecule has 3 nitrogen and oxygen atoms in total. The molecule has 1 aromatic carbocycles. The van der Waals surface area contributed by atoms with Gasteiger partial charge in [0.1, 0.15) is 0 Å². The van der Waals surface area contributed by atoms with Crippen LogP contribution in [-0.4, -0.2) is 22.6 Å². The van der Waals surface area contributed by atoms with Gasteiger partial charge in [-0.1, -0.05) is 31.4 Å². The molecule has 2 heterocycles. The first-order valence-electron chi connectivity index (χ1n) is 7.62. The van der Waals surface area contributed by atoms with Crippen molar-refractivity contribution in [1.29, 1.82) is 0 Å². The lowest BCUT2D eigenvalue weighted by Crippen LogP contribution is -2.29. The highest BCUT2D eigenvalue weighted by molar-refractivity contribution is 5.79. The number of aromatic nitrogens is 2. The molecule has 4 rings (SSSR count). The Morgan fingerprint density at radius 2 is 1.89 bits per heavy atom. The third-order valence-corrected chi connectivity index (χ3v) is 4.71. The van der Waals surface area contributed by atoms with Gasteiger partial charge in [-0.05, 0) is 30.9 Å². The van der Waals surface area contributed by atoms with E-state index in [1.54, 1.807) is 0 Å². The summed E-state index contributed by atoms with van der Waals surface area (Å²) in [5.74, 6) is 2.09. The number of rotatable bonds is 2. The number of hydrogen-bond donors (Lipinski definition) is 0. The molecule has 0 N–H and O–H groups in total. The van der Waals surface area contributed by atoms with Gasteiger partial charge < -0.3 is 9.47 Å². The Balaban J connectivity index is 1.60. The van der Waals surface area contributed by atoms with E-state index in [9.17, 15) is 0 Å². The number of benzene rings is 1. The molecule has 100 valence electrons. The van der Waals surface area contributed by atoms with Gasteiger partial charge in [0, 0.05) is 19.6 Å². The average Bonchev–Trinajstić information content (AvgIpc) is 3.00. The van der Waals surface area contributed by atoms with E-state index in [1.807, 2.05) is 0 Å². The Kier molecular flexibility index (Phi) is 2.71. The van der Waals surface area contributed by atoms with Crippen molar-refractivity contribution in [2.75, 3.05) is 18.0 Å². The fourth-order valence-electron chi connectivity index (χ4n) is 3.70. The molecule has 2 aliphatic rings. The van der Waals surface area contributed by atoms with Crippen LogP contribution in [0.5, 0.6) is 0 Å². The van der Waals surface area contributed by atoms with Gasteiger partial charge in [-0.2, -0.15) is 0 Å². The summed E-state index contributed by atoms with van der Waals surface area (Å²) in [7, 11) is 0. The number of para-hydroxylation sites is 2. The van der Waals surface area contributed by atoms with E-state index in [0.29, 0.717) is 0 Å². The summed E-state index contributed by atoms with van der Waals surface area (Å²) >= 11 is 0. The summed E-state index contributed by atoms with van der Waals surface area (Å²) in [6.45, 7) is 3.45. The third-order valence-electron chi connectivity index (χ3n) is 4.71. The molecule has 1 aliphatic carbocycles. The summed E-state index contributed by atoms with van der Waals surface area (Å²) in [5.41, 5.74) is 2.44. The fourth-order valence-corrected chi connectivity index (χ4v) is 3.70. The van der Waals surface area contributed by atoms with Gasteiger partial charge >= 0.3 is 0 Å². The van der Waals surface area contributed by atoms with Crippen molar-refractivity contribution in [3.8, 4) is 0 Å². The van der Waals surface area contributed by atoms with E-state index in [0.717, 1.165) is 24.5 Å². The quantitative estimate of drug-likeness (QED) is 0.819. The van der Waals surface area contributed by atoms with Gasteiger partial charge in [0.05, 0.1) is 11.0 Å². The van der Waals surface area contributed by atoms with Crippen LogP contribution in [0.3, 0.4) is 0 Å². The Labute approximate surface area is 114 Å². The molecule has 0 bridgehead atoms. The normalized spacial score (nSPS) is 20.1. The summed E-state index contributed by atoms with van der Waals surface area (Å²) < 4.78 is 2.39. The maximum atomic E-state index is 4.83. The SMILES string of the molecule is c1ccc2c(c1)nc1n2CCN1CC1CCCCC1. The van der Waals surface area contributed by atoms with Gasteiger partial charge in [-0.25, -0.2) is 4.98 Å². The topological polar surface area (TPSA) is 21.1 Å². The predicted octanol–water partition coefficient (Wildman–Crippen LogP) is 3.44. The molecule has 0 amide bonds. The van der Waals surface area contributed by atoms with Crippen LogP contribution >= 0.6 is 0 Å². The lowest BCUT2D eigenvalue weighted by molar-refractivity contribution is 0.359. The van der Waals surface area contributed by atoms with Crippen LogP contribution in [0.4, 0.5) is 5.95 Å². The molecule has 3 heteroatoms. The first-order valence-corrected chi connectivity index (χ1v) is 7.62. The molecule has 0 saturated heterocycles. The first kappa shape index (κ1) is 11.3. The molecule has 0 atom stereocenters. The van der Waals surface area contributed by atoms with E-state index in [2.05, 4.69) is 33.7 Å². The predicted molar refractivity (Wildman–Crippen MR) is 78.5 cm³/mol. The van der Waals surface area contributed by atoms with Crippen LogP contribution in [0.1, 0.15) is 32.1 Å². The highest BCUT2D eigenvalue weighted by Crippen LogP contribution is 2.30. The Bertz CT molecular complexity index is 581. The number of hydrogen-bond acceptors (Lipinski definition) is 2. The van der Waals surface area contributed by atoms with E-state index in [1.165, 1.54) is 50.1 Å². The van der Waals surface area contributed by atoms with Crippen LogP contribution in [0, 0.1) is 5.92 Å². The van der Waals surface area contributed by atoms with Gasteiger partial charge in [-0.15, -0.1) is 0 Å². The highest BCUT2D eigenvalue weighted by Gasteiger charge is 2.26. The fraction of sp³-hybridized carbons (Fsp3) is 0.562. The molecule has 1 saturated carbocycles. The zero-order valence-corrected chi connectivity index (χ0v) is 11.4. The first-order chi connectivity index (χ1) is 9.42. The van der Waals surface area contributed by atoms with Crippen molar-refractivity contribution in [2.45, 2.75) is 38.6 Å². The Morgan fingerprint density at radius 1 is 1.05 bits per heavy atom. The van der Waals surface area contributed by atoms with Crippen LogP contribution < -0.4 is 4.90 Å². The maximum Gasteiger partial charge on any atom is 0.206 e. The Hall–Kier alpha value is -1.51. The molecule has 1 fully saturated rings. The third kappa shape index (κ3) is 1.92. The monoisotopic (exact) mass is 255 g/mol. The molecule has 2 aromatic rings. The molecule has 1 aromatic heterocycles. The number of fused-ring (bicyclic) bond motifs is 3. The van der Waals surface area contributed by atoms with Crippen LogP contribution in [0.25, 0.3) is 11.0 Å². The molecule has 19 heavy (non-hydrogen) atoms. The van der Waals surface area contributed by atoms with Crippen LogP contribution in [0.2, 0.25) is 0 Å². The van der Waals surface area contributed by atoms with E-state index < -0.39 is 0 Å². The van der Waals surface area contributed by atoms with Crippen LogP contribution in [-0.2, 0) is 6.54 Å². The maximum absolute atomic E-state index is 4.83. The van der Waals surface area contributed by atoms with Gasteiger partial charge in [0.15, 0.2) is 0 Å². The summed E-state index contributed by atoms with van der Waals surface area (Å²) in [5, 5.41) is 0. The van der Waals surface area contributed by atoms with Crippen molar-refractivity contribution >= 4 is 17.0 Å². The largest absolute Gasteiger partial charge is 0.340 e. The van der Waals surface area contributed by atoms with E-state index >= 15 is 0 Å². The van der Waals surface area contributed by atoms with E-state index in [-0.39, 0.29) is 0 Å². The van der Waals surface area contributed by atoms with Gasteiger partial charge in [0.2, 0.25) is 5.95 Å². The molecule has 0 spiro atoms. The highest BCUT2D eigenvalue weighted by atomic mass is 15.4. The van der Waals surface area contributed by atoms with Gasteiger partial charge in [0.25, 0.3) is 0 Å². The van der Waals surface area contributed by atoms with E-state index in [4.69, 9.17) is 4.98 Å². The molecule has 0 radical (unpaired) electrons. The molecular formula is C16H21N3. The standard InChI is InChI=1S/C16H21N3/c1-2-6-13(7-3-1)12-18-10-11-19-15-9-5-4-8-14(15)17-16(18)19/h4-5,8-9,13H,1-3,6-7,10-12H2. The molecule has 0 unspecified atom stereocenters. The van der Waals surface area contributed by atoms with Crippen molar-refractivity contribution in [3.05, 3.63) is 24.3 Å². The van der Waals surface area contributed by atoms with Crippen molar-refractivity contribution in [2.24, 2.45) is 5.92 Å². The molecule has 1 aliphatic heterocycles.